The molecule has 0 fully saturated rings. The number of furan rings is 1. The third-order valence-corrected chi connectivity index (χ3v) is 4.49. The molecule has 0 spiro atoms. The van der Waals surface area contributed by atoms with Crippen molar-refractivity contribution in [1.82, 2.24) is 5.32 Å². The normalized spacial score (nSPS) is 11.0. The fourth-order valence-corrected chi connectivity index (χ4v) is 2.77. The van der Waals surface area contributed by atoms with E-state index in [0.29, 0.717) is 18.0 Å². The first-order chi connectivity index (χ1) is 13.9. The summed E-state index contributed by atoms with van der Waals surface area (Å²) in [5.41, 5.74) is 1.52. The van der Waals surface area contributed by atoms with Crippen LogP contribution >= 0.6 is 0 Å². The van der Waals surface area contributed by atoms with Crippen LogP contribution in [0.25, 0.3) is 0 Å². The second-order valence-corrected chi connectivity index (χ2v) is 7.27. The van der Waals surface area contributed by atoms with Gasteiger partial charge in [0, 0.05) is 23.7 Å². The van der Waals surface area contributed by atoms with E-state index in [1.54, 1.807) is 36.4 Å². The average molecular weight is 392 g/mol. The minimum atomic E-state index is -0.354. The van der Waals surface area contributed by atoms with Crippen LogP contribution in [0.15, 0.2) is 77.4 Å². The van der Waals surface area contributed by atoms with Crippen molar-refractivity contribution in [2.45, 2.75) is 19.3 Å². The van der Waals surface area contributed by atoms with Crippen molar-refractivity contribution in [3.8, 4) is 5.75 Å². The molecule has 1 aromatic heterocycles. The van der Waals surface area contributed by atoms with Crippen molar-refractivity contribution in [3.63, 3.8) is 0 Å². The van der Waals surface area contributed by atoms with Crippen LogP contribution in [0.2, 0.25) is 0 Å². The molecular formula is C23H24N2O4. The summed E-state index contributed by atoms with van der Waals surface area (Å²) in [4.78, 5) is 24.2. The smallest absolute Gasteiger partial charge is 0.291 e. The highest BCUT2D eigenvalue weighted by Gasteiger charge is 2.21. The maximum Gasteiger partial charge on any atom is 0.291 e. The van der Waals surface area contributed by atoms with Crippen molar-refractivity contribution in [2.75, 3.05) is 18.5 Å². The largest absolute Gasteiger partial charge is 0.484 e. The Balaban J connectivity index is 1.49. The van der Waals surface area contributed by atoms with Gasteiger partial charge in [-0.3, -0.25) is 9.59 Å². The Bertz CT molecular complexity index is 950. The molecule has 29 heavy (non-hydrogen) atoms. The Hall–Kier alpha value is -3.54. The van der Waals surface area contributed by atoms with Gasteiger partial charge in [-0.05, 0) is 29.8 Å². The van der Waals surface area contributed by atoms with Crippen molar-refractivity contribution in [1.29, 1.82) is 0 Å². The second kappa shape index (κ2) is 9.10. The third kappa shape index (κ3) is 5.72. The molecule has 1 heterocycles. The summed E-state index contributed by atoms with van der Waals surface area (Å²) in [6.07, 6.45) is 1.44. The lowest BCUT2D eigenvalue weighted by Gasteiger charge is -2.25. The molecule has 2 aromatic carbocycles. The molecule has 2 amide bonds. The van der Waals surface area contributed by atoms with Gasteiger partial charge in [-0.1, -0.05) is 50.2 Å². The zero-order chi connectivity index (χ0) is 20.7. The highest BCUT2D eigenvalue weighted by atomic mass is 16.5. The van der Waals surface area contributed by atoms with Crippen LogP contribution in [-0.2, 0) is 10.2 Å². The molecule has 0 saturated heterocycles. The van der Waals surface area contributed by atoms with E-state index in [1.807, 2.05) is 30.3 Å². The van der Waals surface area contributed by atoms with Crippen LogP contribution < -0.4 is 15.4 Å². The monoisotopic (exact) mass is 392 g/mol. The number of hydrogen-bond acceptors (Lipinski definition) is 4. The van der Waals surface area contributed by atoms with Crippen LogP contribution in [0.4, 0.5) is 5.69 Å². The van der Waals surface area contributed by atoms with Gasteiger partial charge in [0.1, 0.15) is 5.75 Å². The molecular weight excluding hydrogens is 368 g/mol. The van der Waals surface area contributed by atoms with E-state index in [4.69, 9.17) is 9.15 Å². The predicted molar refractivity (Wildman–Crippen MR) is 111 cm³/mol. The fraction of sp³-hybridized carbons (Fsp3) is 0.217. The van der Waals surface area contributed by atoms with E-state index in [0.717, 1.165) is 5.56 Å². The maximum atomic E-state index is 12.2. The molecule has 0 saturated carbocycles. The molecule has 2 N–H and O–H groups in total. The number of carbonyl (C=O) groups is 2. The number of amides is 2. The highest BCUT2D eigenvalue weighted by molar-refractivity contribution is 6.02. The fourth-order valence-electron chi connectivity index (χ4n) is 2.77. The predicted octanol–water partition coefficient (Wildman–Crippen LogP) is 4.00. The van der Waals surface area contributed by atoms with Gasteiger partial charge in [0.05, 0.1) is 6.26 Å². The number of ether oxygens (including phenoxy) is 1. The SMILES string of the molecule is CC(C)(CNC(=O)COc1cccc(NC(=O)c2ccco2)c1)c1ccccc1. The minimum absolute atomic E-state index is 0.111. The van der Waals surface area contributed by atoms with Crippen molar-refractivity contribution < 1.29 is 18.7 Å². The van der Waals surface area contributed by atoms with E-state index < -0.39 is 0 Å². The molecule has 3 aromatic rings. The number of anilines is 1. The molecule has 6 heteroatoms. The van der Waals surface area contributed by atoms with Gasteiger partial charge in [0.15, 0.2) is 12.4 Å². The van der Waals surface area contributed by atoms with E-state index in [2.05, 4.69) is 24.5 Å². The molecule has 0 unspecified atom stereocenters. The van der Waals surface area contributed by atoms with Crippen LogP contribution in [-0.4, -0.2) is 25.0 Å². The zero-order valence-electron chi connectivity index (χ0n) is 16.5. The van der Waals surface area contributed by atoms with Crippen molar-refractivity contribution >= 4 is 17.5 Å². The quantitative estimate of drug-likeness (QED) is 0.607. The molecule has 3 rings (SSSR count). The number of carbonyl (C=O) groups excluding carboxylic acids is 2. The lowest BCUT2D eigenvalue weighted by atomic mass is 9.84. The van der Waals surface area contributed by atoms with Gasteiger partial charge in [0.25, 0.3) is 11.8 Å². The summed E-state index contributed by atoms with van der Waals surface area (Å²) in [6, 6.07) is 20.1. The molecule has 0 aliphatic heterocycles. The van der Waals surface area contributed by atoms with Gasteiger partial charge in [-0.2, -0.15) is 0 Å². The molecule has 0 aliphatic carbocycles. The first-order valence-electron chi connectivity index (χ1n) is 9.34. The Labute approximate surface area is 169 Å². The Morgan fingerprint density at radius 1 is 1.00 bits per heavy atom. The molecule has 6 nitrogen and oxygen atoms in total. The lowest BCUT2D eigenvalue weighted by Crippen LogP contribution is -2.38. The maximum absolute atomic E-state index is 12.2. The van der Waals surface area contributed by atoms with Gasteiger partial charge in [-0.15, -0.1) is 0 Å². The van der Waals surface area contributed by atoms with Gasteiger partial charge in [0.2, 0.25) is 0 Å². The zero-order valence-corrected chi connectivity index (χ0v) is 16.5. The van der Waals surface area contributed by atoms with Crippen LogP contribution in [0.5, 0.6) is 5.75 Å². The van der Waals surface area contributed by atoms with Crippen molar-refractivity contribution in [2.24, 2.45) is 0 Å². The van der Waals surface area contributed by atoms with Crippen LogP contribution in [0.1, 0.15) is 30.0 Å². The topological polar surface area (TPSA) is 80.6 Å². The molecule has 0 atom stereocenters. The molecule has 0 bridgehead atoms. The first-order valence-corrected chi connectivity index (χ1v) is 9.34. The van der Waals surface area contributed by atoms with Crippen LogP contribution in [0.3, 0.4) is 0 Å². The minimum Gasteiger partial charge on any atom is -0.484 e. The van der Waals surface area contributed by atoms with Crippen LogP contribution in [0, 0.1) is 0 Å². The Morgan fingerprint density at radius 3 is 2.52 bits per heavy atom. The Morgan fingerprint density at radius 2 is 1.79 bits per heavy atom. The highest BCUT2D eigenvalue weighted by Crippen LogP contribution is 2.22. The summed E-state index contributed by atoms with van der Waals surface area (Å²) in [6.45, 7) is 4.54. The molecule has 150 valence electrons. The molecule has 0 aliphatic rings. The Kier molecular flexibility index (Phi) is 6.34. The number of benzene rings is 2. The van der Waals surface area contributed by atoms with E-state index in [9.17, 15) is 9.59 Å². The second-order valence-electron chi connectivity index (χ2n) is 7.27. The van der Waals surface area contributed by atoms with Crippen molar-refractivity contribution in [3.05, 3.63) is 84.3 Å². The number of hydrogen-bond donors (Lipinski definition) is 2. The average Bonchev–Trinajstić information content (AvgIpc) is 3.27. The summed E-state index contributed by atoms with van der Waals surface area (Å²) in [5, 5.41) is 5.63. The first kappa shape index (κ1) is 20.2. The summed E-state index contributed by atoms with van der Waals surface area (Å²) in [5.74, 6) is 0.142. The third-order valence-electron chi connectivity index (χ3n) is 4.49. The summed E-state index contributed by atoms with van der Waals surface area (Å²) < 4.78 is 10.6. The summed E-state index contributed by atoms with van der Waals surface area (Å²) >= 11 is 0. The van der Waals surface area contributed by atoms with Gasteiger partial charge >= 0.3 is 0 Å². The van der Waals surface area contributed by atoms with E-state index in [-0.39, 0.29) is 29.6 Å². The number of nitrogens with one attached hydrogen (secondary N) is 2. The summed E-state index contributed by atoms with van der Waals surface area (Å²) in [7, 11) is 0. The molecule has 0 radical (unpaired) electrons. The van der Waals surface area contributed by atoms with Gasteiger partial charge in [-0.25, -0.2) is 0 Å². The number of rotatable bonds is 8. The lowest BCUT2D eigenvalue weighted by molar-refractivity contribution is -0.123. The van der Waals surface area contributed by atoms with Gasteiger partial charge < -0.3 is 19.8 Å². The van der Waals surface area contributed by atoms with E-state index >= 15 is 0 Å². The standard InChI is InChI=1S/C23H24N2O4/c1-23(2,17-8-4-3-5-9-17)16-24-21(26)15-29-19-11-6-10-18(14-19)25-22(27)20-12-7-13-28-20/h3-14H,15-16H2,1-2H3,(H,24,26)(H,25,27). The van der Waals surface area contributed by atoms with E-state index in [1.165, 1.54) is 6.26 Å².